The van der Waals surface area contributed by atoms with Crippen LogP contribution in [-0.4, -0.2) is 12.3 Å². The molecule has 2 atom stereocenters. The van der Waals surface area contributed by atoms with Crippen molar-refractivity contribution in [1.29, 1.82) is 0 Å². The maximum absolute atomic E-state index is 2.82. The highest BCUT2D eigenvalue weighted by Gasteiger charge is 2.61. The van der Waals surface area contributed by atoms with Gasteiger partial charge in [0, 0.05) is 50.8 Å². The molecule has 0 spiro atoms. The molecule has 12 rings (SSSR count). The van der Waals surface area contributed by atoms with Gasteiger partial charge in [0.05, 0.1) is 11.2 Å². The summed E-state index contributed by atoms with van der Waals surface area (Å²) in [5.41, 5.74) is 23.9. The lowest BCUT2D eigenvalue weighted by molar-refractivity contribution is 0.215. The lowest BCUT2D eigenvalue weighted by Crippen LogP contribution is -2.62. The largest absolute Gasteiger partial charge is 0.334 e. The molecule has 0 aromatic heterocycles. The number of anilines is 8. The third kappa shape index (κ3) is 7.66. The third-order valence-electron chi connectivity index (χ3n) is 18.0. The Labute approximate surface area is 449 Å². The molecule has 1 saturated carbocycles. The topological polar surface area (TPSA) is 9.72 Å². The molecule has 1 aliphatic carbocycles. The van der Waals surface area contributed by atoms with Crippen LogP contribution < -0.4 is 31.1 Å². The van der Waals surface area contributed by atoms with Gasteiger partial charge in [0.25, 0.3) is 6.71 Å². The molecule has 0 bridgehead atoms. The summed E-state index contributed by atoms with van der Waals surface area (Å²) in [5, 5.41) is 0. The number of para-hydroxylation sites is 1. The van der Waals surface area contributed by atoms with E-state index in [-0.39, 0.29) is 39.3 Å². The molecule has 8 aromatic rings. The first kappa shape index (κ1) is 49.1. The molecule has 75 heavy (non-hydrogen) atoms. The van der Waals surface area contributed by atoms with E-state index >= 15 is 0 Å². The molecule has 4 aliphatic rings. The van der Waals surface area contributed by atoms with Crippen LogP contribution in [0.25, 0.3) is 11.1 Å². The van der Waals surface area contributed by atoms with Crippen LogP contribution in [0, 0.1) is 0 Å². The lowest BCUT2D eigenvalue weighted by atomic mass is 9.33. The van der Waals surface area contributed by atoms with Gasteiger partial charge >= 0.3 is 0 Å². The van der Waals surface area contributed by atoms with Crippen molar-refractivity contribution in [2.75, 3.05) is 14.7 Å². The summed E-state index contributed by atoms with van der Waals surface area (Å²) in [5.74, 6) is 0. The maximum Gasteiger partial charge on any atom is 0.252 e. The predicted molar refractivity (Wildman–Crippen MR) is 323 cm³/mol. The minimum absolute atomic E-state index is 0.0241. The first-order chi connectivity index (χ1) is 35.6. The molecule has 1 fully saturated rings. The first-order valence-electron chi connectivity index (χ1n) is 27.9. The number of fused-ring (bicyclic) bond motifs is 7. The Morgan fingerprint density at radius 2 is 0.920 bits per heavy atom. The number of hydrogen-bond donors (Lipinski definition) is 0. The van der Waals surface area contributed by atoms with Crippen LogP contribution in [0.1, 0.15) is 149 Å². The Kier molecular flexibility index (Phi) is 11.2. The van der Waals surface area contributed by atoms with Crippen LogP contribution in [0.15, 0.2) is 176 Å². The fourth-order valence-corrected chi connectivity index (χ4v) is 13.9. The summed E-state index contributed by atoms with van der Waals surface area (Å²) in [6.07, 6.45) is 4.56. The van der Waals surface area contributed by atoms with Crippen molar-refractivity contribution in [3.8, 4) is 11.1 Å². The Hall–Kier alpha value is -6.78. The molecule has 0 amide bonds. The van der Waals surface area contributed by atoms with Gasteiger partial charge in [0.1, 0.15) is 0 Å². The quantitative estimate of drug-likeness (QED) is 0.159. The average Bonchev–Trinajstić information content (AvgIpc) is 3.84. The molecule has 378 valence electrons. The predicted octanol–water partition coefficient (Wildman–Crippen LogP) is 17.4. The van der Waals surface area contributed by atoms with Gasteiger partial charge in [-0.25, -0.2) is 0 Å². The second-order valence-corrected chi connectivity index (χ2v) is 26.8. The average molecular weight is 982 g/mol. The summed E-state index contributed by atoms with van der Waals surface area (Å²) in [4.78, 5) is 8.19. The zero-order valence-corrected chi connectivity index (χ0v) is 47.0. The molecule has 8 aromatic carbocycles. The Morgan fingerprint density at radius 1 is 0.400 bits per heavy atom. The Balaban J connectivity index is 1.25. The third-order valence-corrected chi connectivity index (χ3v) is 18.0. The van der Waals surface area contributed by atoms with E-state index in [9.17, 15) is 0 Å². The van der Waals surface area contributed by atoms with Gasteiger partial charge in [-0.15, -0.1) is 0 Å². The fraction of sp³-hybridized carbons (Fsp3) is 0.324. The van der Waals surface area contributed by atoms with E-state index in [2.05, 4.69) is 281 Å². The van der Waals surface area contributed by atoms with Crippen LogP contribution in [0.5, 0.6) is 0 Å². The van der Waals surface area contributed by atoms with E-state index in [4.69, 9.17) is 0 Å². The molecule has 2 unspecified atom stereocenters. The highest BCUT2D eigenvalue weighted by atomic mass is 15.3. The van der Waals surface area contributed by atoms with E-state index in [1.54, 1.807) is 0 Å². The van der Waals surface area contributed by atoms with Crippen LogP contribution in [0.3, 0.4) is 0 Å². The monoisotopic (exact) mass is 982 g/mol. The van der Waals surface area contributed by atoms with E-state index in [0.29, 0.717) is 0 Å². The van der Waals surface area contributed by atoms with Gasteiger partial charge in [-0.3, -0.25) is 0 Å². The van der Waals surface area contributed by atoms with Crippen molar-refractivity contribution < 1.29 is 0 Å². The summed E-state index contributed by atoms with van der Waals surface area (Å²) >= 11 is 0. The molecular formula is C71H76BN3. The van der Waals surface area contributed by atoms with Crippen molar-refractivity contribution in [3.05, 3.63) is 209 Å². The van der Waals surface area contributed by atoms with Gasteiger partial charge in [0.15, 0.2) is 0 Å². The molecular weight excluding hydrogens is 906 g/mol. The second-order valence-electron chi connectivity index (χ2n) is 26.8. The number of benzene rings is 8. The zero-order valence-electron chi connectivity index (χ0n) is 47.0. The van der Waals surface area contributed by atoms with E-state index in [1.807, 2.05) is 0 Å². The van der Waals surface area contributed by atoms with E-state index in [0.717, 1.165) is 12.8 Å². The Morgan fingerprint density at radius 3 is 1.55 bits per heavy atom. The highest BCUT2D eigenvalue weighted by Crippen LogP contribution is 2.64. The summed E-state index contributed by atoms with van der Waals surface area (Å²) in [6, 6.07) is 69.1. The first-order valence-corrected chi connectivity index (χ1v) is 27.9. The van der Waals surface area contributed by atoms with Crippen LogP contribution in [0.2, 0.25) is 0 Å². The highest BCUT2D eigenvalue weighted by molar-refractivity contribution is 7.00. The molecule has 4 heteroatoms. The molecule has 0 N–H and O–H groups in total. The van der Waals surface area contributed by atoms with Gasteiger partial charge in [0.2, 0.25) is 0 Å². The van der Waals surface area contributed by atoms with Gasteiger partial charge < -0.3 is 14.7 Å². The standard InChI is InChI=1S/C71H76BN3/c1-66(2,3)49-29-24-30-53(41-49)73-61-43-51(68(7,8)9)33-36-57(61)72-58-37-34-52(69(10,11)12)44-62(58)74(59-38-35-50(67(4,5)6)42-55(59)47-25-16-14-17-26-47)64-46-54(45-63(73)65(64)72)75-60-32-21-20-31-56(60)71(48-27-18-15-19-28-48)40-23-22-39-70(71,75)13/h14-21,24-38,41-46H,22-23,39-40H2,1-13H3. The molecule has 0 radical (unpaired) electrons. The van der Waals surface area contributed by atoms with Crippen molar-refractivity contribution in [3.63, 3.8) is 0 Å². The minimum Gasteiger partial charge on any atom is -0.334 e. The van der Waals surface area contributed by atoms with Crippen LogP contribution >= 0.6 is 0 Å². The smallest absolute Gasteiger partial charge is 0.252 e. The summed E-state index contributed by atoms with van der Waals surface area (Å²) in [7, 11) is 0. The zero-order chi connectivity index (χ0) is 52.6. The lowest BCUT2D eigenvalue weighted by Gasteiger charge is -2.53. The molecule has 3 nitrogen and oxygen atoms in total. The van der Waals surface area contributed by atoms with Crippen molar-refractivity contribution in [2.24, 2.45) is 0 Å². The van der Waals surface area contributed by atoms with Crippen molar-refractivity contribution >= 4 is 68.6 Å². The SMILES string of the molecule is CC(C)(C)c1cccc(N2c3cc(C(C)(C)C)ccc3B3c4ccc(C(C)(C)C)cc4N(c4ccc(C(C)(C)C)cc4-c4ccccc4)c4cc(N5c6ccccc6C6(c7ccccc7)CCCCC56C)cc2c43)c1. The van der Waals surface area contributed by atoms with Gasteiger partial charge in [-0.1, -0.05) is 217 Å². The van der Waals surface area contributed by atoms with Gasteiger partial charge in [-0.2, -0.15) is 0 Å². The summed E-state index contributed by atoms with van der Waals surface area (Å²) < 4.78 is 0. The Bertz CT molecular complexity index is 3530. The number of nitrogens with zero attached hydrogens (tertiary/aromatic N) is 3. The number of hydrogen-bond acceptors (Lipinski definition) is 3. The minimum atomic E-state index is -0.264. The van der Waals surface area contributed by atoms with Crippen LogP contribution in [-0.2, 0) is 27.1 Å². The van der Waals surface area contributed by atoms with E-state index in [1.165, 1.54) is 119 Å². The molecule has 3 aliphatic heterocycles. The summed E-state index contributed by atoms with van der Waals surface area (Å²) in [6.45, 7) is 30.8. The maximum atomic E-state index is 2.82. The number of rotatable bonds is 5. The van der Waals surface area contributed by atoms with Crippen LogP contribution in [0.4, 0.5) is 45.5 Å². The molecule has 0 saturated heterocycles. The van der Waals surface area contributed by atoms with E-state index < -0.39 is 0 Å². The fourth-order valence-electron chi connectivity index (χ4n) is 13.9. The second kappa shape index (κ2) is 17.1. The molecule has 3 heterocycles. The van der Waals surface area contributed by atoms with Crippen molar-refractivity contribution in [1.82, 2.24) is 0 Å². The van der Waals surface area contributed by atoms with Crippen molar-refractivity contribution in [2.45, 2.75) is 148 Å². The van der Waals surface area contributed by atoms with Gasteiger partial charge in [-0.05, 0) is 151 Å². The normalized spacial score (nSPS) is 19.1.